The standard InChI is InChI=1S/C17H11N3O6S/c1-2-5-19-16(23)12(15(22)18-17(19)27)6-9-8-26-13-4-3-10(20(24)25)7-11(13)14(9)21/h2-4,6-8H,1,5H2,(H,18,22,27)/b12-6+. The molecule has 10 heteroatoms. The number of carbonyl (C=O) groups is 2. The van der Waals surface area contributed by atoms with Gasteiger partial charge in [-0.15, -0.1) is 6.58 Å². The molecule has 0 saturated carbocycles. The van der Waals surface area contributed by atoms with E-state index >= 15 is 0 Å². The molecule has 1 aromatic heterocycles. The van der Waals surface area contributed by atoms with Gasteiger partial charge in [0, 0.05) is 18.7 Å². The highest BCUT2D eigenvalue weighted by molar-refractivity contribution is 7.80. The molecule has 1 saturated heterocycles. The number of non-ortho nitro benzene ring substituents is 1. The van der Waals surface area contributed by atoms with Crippen molar-refractivity contribution < 1.29 is 18.9 Å². The summed E-state index contributed by atoms with van der Waals surface area (Å²) in [5.74, 6) is -1.45. The van der Waals surface area contributed by atoms with Crippen LogP contribution in [0.25, 0.3) is 17.0 Å². The van der Waals surface area contributed by atoms with E-state index < -0.39 is 22.2 Å². The van der Waals surface area contributed by atoms with Gasteiger partial charge in [0.25, 0.3) is 17.5 Å². The zero-order valence-electron chi connectivity index (χ0n) is 13.6. The lowest BCUT2D eigenvalue weighted by Gasteiger charge is -2.27. The van der Waals surface area contributed by atoms with E-state index in [1.54, 1.807) is 0 Å². The van der Waals surface area contributed by atoms with Crippen LogP contribution in [0.4, 0.5) is 5.69 Å². The van der Waals surface area contributed by atoms with Gasteiger partial charge in [-0.3, -0.25) is 34.7 Å². The van der Waals surface area contributed by atoms with Crippen LogP contribution in [0, 0.1) is 10.1 Å². The SMILES string of the molecule is C=CCN1C(=O)/C(=C/c2coc3ccc([N+](=O)[O-])cc3c2=O)C(=O)NC1=S. The van der Waals surface area contributed by atoms with E-state index in [1.807, 2.05) is 0 Å². The molecule has 27 heavy (non-hydrogen) atoms. The Morgan fingerprint density at radius 3 is 2.74 bits per heavy atom. The summed E-state index contributed by atoms with van der Waals surface area (Å²) in [5.41, 5.74) is -1.18. The van der Waals surface area contributed by atoms with E-state index in [-0.39, 0.29) is 39.5 Å². The lowest BCUT2D eigenvalue weighted by molar-refractivity contribution is -0.384. The fraction of sp³-hybridized carbons (Fsp3) is 0.0588. The lowest BCUT2D eigenvalue weighted by atomic mass is 10.1. The van der Waals surface area contributed by atoms with Crippen LogP contribution in [0.5, 0.6) is 0 Å². The number of hydrogen-bond donors (Lipinski definition) is 1. The molecule has 1 aliphatic heterocycles. The molecule has 2 heterocycles. The molecule has 0 spiro atoms. The quantitative estimate of drug-likeness (QED) is 0.211. The number of thiocarbonyl (C=S) groups is 1. The summed E-state index contributed by atoms with van der Waals surface area (Å²) >= 11 is 4.95. The summed E-state index contributed by atoms with van der Waals surface area (Å²) in [6.45, 7) is 3.59. The second-order valence-corrected chi connectivity index (χ2v) is 5.87. The molecular weight excluding hydrogens is 374 g/mol. The molecule has 1 fully saturated rings. The predicted molar refractivity (Wildman–Crippen MR) is 99.8 cm³/mol. The van der Waals surface area contributed by atoms with E-state index in [0.717, 1.165) is 23.3 Å². The maximum absolute atomic E-state index is 12.6. The third kappa shape index (κ3) is 3.25. The van der Waals surface area contributed by atoms with E-state index in [0.29, 0.717) is 0 Å². The maximum atomic E-state index is 12.6. The van der Waals surface area contributed by atoms with Crippen LogP contribution in [-0.2, 0) is 9.59 Å². The van der Waals surface area contributed by atoms with Gasteiger partial charge in [0.2, 0.25) is 0 Å². The number of fused-ring (bicyclic) bond motifs is 1. The van der Waals surface area contributed by atoms with Crippen molar-refractivity contribution in [2.24, 2.45) is 0 Å². The molecule has 0 atom stereocenters. The number of amides is 2. The first-order chi connectivity index (χ1) is 12.8. The Morgan fingerprint density at radius 1 is 1.33 bits per heavy atom. The summed E-state index contributed by atoms with van der Waals surface area (Å²) < 4.78 is 5.30. The zero-order valence-corrected chi connectivity index (χ0v) is 14.4. The molecule has 1 N–H and O–H groups in total. The van der Waals surface area contributed by atoms with Crippen molar-refractivity contribution in [2.45, 2.75) is 0 Å². The molecule has 9 nitrogen and oxygen atoms in total. The highest BCUT2D eigenvalue weighted by atomic mass is 32.1. The number of nitrogens with one attached hydrogen (secondary N) is 1. The second-order valence-electron chi connectivity index (χ2n) is 5.48. The Morgan fingerprint density at radius 2 is 2.07 bits per heavy atom. The number of nitro benzene ring substituents is 1. The Kier molecular flexibility index (Phi) is 4.65. The van der Waals surface area contributed by atoms with Crippen LogP contribution in [-0.4, -0.2) is 33.3 Å². The van der Waals surface area contributed by atoms with E-state index in [2.05, 4.69) is 11.9 Å². The molecule has 2 amide bonds. The maximum Gasteiger partial charge on any atom is 0.270 e. The van der Waals surface area contributed by atoms with Gasteiger partial charge >= 0.3 is 0 Å². The molecule has 3 rings (SSSR count). The smallest absolute Gasteiger partial charge is 0.270 e. The van der Waals surface area contributed by atoms with Crippen LogP contribution in [0.15, 0.2) is 51.9 Å². The molecule has 0 bridgehead atoms. The second kappa shape index (κ2) is 6.92. The van der Waals surface area contributed by atoms with Gasteiger partial charge in [0.1, 0.15) is 17.4 Å². The minimum Gasteiger partial charge on any atom is -0.463 e. The van der Waals surface area contributed by atoms with Crippen LogP contribution in [0.3, 0.4) is 0 Å². The Balaban J connectivity index is 2.12. The first kappa shape index (κ1) is 18.1. The molecule has 0 unspecified atom stereocenters. The summed E-state index contributed by atoms with van der Waals surface area (Å²) in [7, 11) is 0. The number of rotatable bonds is 4. The average Bonchev–Trinajstić information content (AvgIpc) is 2.63. The number of carbonyl (C=O) groups excluding carboxylic acids is 2. The van der Waals surface area contributed by atoms with Crippen molar-refractivity contribution in [1.82, 2.24) is 10.2 Å². The van der Waals surface area contributed by atoms with Crippen molar-refractivity contribution in [1.29, 1.82) is 0 Å². The Labute approximate surface area is 156 Å². The van der Waals surface area contributed by atoms with Gasteiger partial charge in [-0.2, -0.15) is 0 Å². The highest BCUT2D eigenvalue weighted by Crippen LogP contribution is 2.20. The first-order valence-electron chi connectivity index (χ1n) is 7.53. The van der Waals surface area contributed by atoms with Crippen LogP contribution < -0.4 is 10.7 Å². The van der Waals surface area contributed by atoms with Gasteiger partial charge in [0.05, 0.1) is 15.9 Å². The molecule has 2 aromatic rings. The Bertz CT molecular complexity index is 1120. The van der Waals surface area contributed by atoms with E-state index in [4.69, 9.17) is 16.6 Å². The topological polar surface area (TPSA) is 123 Å². The fourth-order valence-corrected chi connectivity index (χ4v) is 2.74. The largest absolute Gasteiger partial charge is 0.463 e. The Hall–Kier alpha value is -3.66. The van der Waals surface area contributed by atoms with Gasteiger partial charge in [-0.25, -0.2) is 0 Å². The molecule has 0 aliphatic carbocycles. The highest BCUT2D eigenvalue weighted by Gasteiger charge is 2.32. The van der Waals surface area contributed by atoms with Crippen molar-refractivity contribution in [3.05, 3.63) is 68.6 Å². The van der Waals surface area contributed by atoms with E-state index in [1.165, 1.54) is 18.2 Å². The zero-order chi connectivity index (χ0) is 19.7. The van der Waals surface area contributed by atoms with Crippen molar-refractivity contribution in [2.75, 3.05) is 6.54 Å². The summed E-state index contributed by atoms with van der Waals surface area (Å²) in [6.07, 6.45) is 3.58. The number of benzene rings is 1. The van der Waals surface area contributed by atoms with Crippen molar-refractivity contribution >= 4 is 51.9 Å². The number of hydrogen-bond acceptors (Lipinski definition) is 7. The third-order valence-electron chi connectivity index (χ3n) is 3.79. The third-order valence-corrected chi connectivity index (χ3v) is 4.11. The van der Waals surface area contributed by atoms with Gasteiger partial charge in [0.15, 0.2) is 10.5 Å². The average molecular weight is 385 g/mol. The van der Waals surface area contributed by atoms with Crippen LogP contribution >= 0.6 is 12.2 Å². The number of nitrogens with zero attached hydrogens (tertiary/aromatic N) is 2. The molecule has 1 aliphatic rings. The van der Waals surface area contributed by atoms with Gasteiger partial charge in [-0.1, -0.05) is 6.08 Å². The normalized spacial score (nSPS) is 15.9. The molecule has 1 aromatic carbocycles. The summed E-state index contributed by atoms with van der Waals surface area (Å²) in [6, 6.07) is 3.58. The van der Waals surface area contributed by atoms with Gasteiger partial charge in [-0.05, 0) is 24.4 Å². The van der Waals surface area contributed by atoms with Gasteiger partial charge < -0.3 is 4.42 Å². The summed E-state index contributed by atoms with van der Waals surface area (Å²) in [5, 5.41) is 13.2. The molecular formula is C17H11N3O6S. The minimum atomic E-state index is -0.760. The summed E-state index contributed by atoms with van der Waals surface area (Å²) in [4.78, 5) is 48.6. The van der Waals surface area contributed by atoms with Crippen molar-refractivity contribution in [3.63, 3.8) is 0 Å². The molecule has 0 radical (unpaired) electrons. The first-order valence-corrected chi connectivity index (χ1v) is 7.94. The lowest BCUT2D eigenvalue weighted by Crippen LogP contribution is -2.53. The van der Waals surface area contributed by atoms with Crippen LogP contribution in [0.1, 0.15) is 5.56 Å². The minimum absolute atomic E-state index is 0.0410. The van der Waals surface area contributed by atoms with Crippen LogP contribution in [0.2, 0.25) is 0 Å². The predicted octanol–water partition coefficient (Wildman–Crippen LogP) is 1.51. The monoisotopic (exact) mass is 385 g/mol. The fourth-order valence-electron chi connectivity index (χ4n) is 2.49. The molecule has 136 valence electrons. The van der Waals surface area contributed by atoms with E-state index in [9.17, 15) is 24.5 Å². The number of nitro groups is 1. The van der Waals surface area contributed by atoms with Crippen molar-refractivity contribution in [3.8, 4) is 0 Å².